The molecule has 1 heterocycles. The number of aromatic nitrogens is 2. The van der Waals surface area contributed by atoms with Gasteiger partial charge in [-0.2, -0.15) is 0 Å². The van der Waals surface area contributed by atoms with Crippen LogP contribution in [0.2, 0.25) is 5.02 Å². The van der Waals surface area contributed by atoms with E-state index in [1.165, 1.54) is 0 Å². The third-order valence-corrected chi connectivity index (χ3v) is 2.93. The van der Waals surface area contributed by atoms with Gasteiger partial charge in [0.15, 0.2) is 0 Å². The standard InChI is InChI=1S/C13H15ClN4/c1-18(9-7-15)13-16-8-6-12(17-13)10-4-2-3-5-11(10)14/h2-6,8H,7,9,15H2,1H3. The number of nitrogens with zero attached hydrogens (tertiary/aromatic N) is 3. The average molecular weight is 263 g/mol. The number of hydrogen-bond acceptors (Lipinski definition) is 4. The van der Waals surface area contributed by atoms with Crippen LogP contribution < -0.4 is 10.6 Å². The third kappa shape index (κ3) is 2.78. The molecule has 0 radical (unpaired) electrons. The highest BCUT2D eigenvalue weighted by Crippen LogP contribution is 2.26. The molecule has 0 unspecified atom stereocenters. The van der Waals surface area contributed by atoms with Crippen molar-refractivity contribution in [3.63, 3.8) is 0 Å². The van der Waals surface area contributed by atoms with Gasteiger partial charge < -0.3 is 10.6 Å². The Kier molecular flexibility index (Phi) is 4.12. The summed E-state index contributed by atoms with van der Waals surface area (Å²) in [7, 11) is 1.92. The van der Waals surface area contributed by atoms with Gasteiger partial charge in [-0.15, -0.1) is 0 Å². The number of anilines is 1. The Morgan fingerprint density at radius 1 is 1.28 bits per heavy atom. The number of likely N-dealkylation sites (N-methyl/N-ethyl adjacent to an activating group) is 1. The molecule has 0 aliphatic heterocycles. The molecule has 5 heteroatoms. The molecule has 0 spiro atoms. The van der Waals surface area contributed by atoms with E-state index in [4.69, 9.17) is 17.3 Å². The SMILES string of the molecule is CN(CCN)c1nccc(-c2ccccc2Cl)n1. The smallest absolute Gasteiger partial charge is 0.225 e. The predicted octanol–water partition coefficient (Wildman–Crippen LogP) is 2.19. The highest BCUT2D eigenvalue weighted by molar-refractivity contribution is 6.33. The first kappa shape index (κ1) is 12.8. The summed E-state index contributed by atoms with van der Waals surface area (Å²) in [6, 6.07) is 9.47. The van der Waals surface area contributed by atoms with E-state index in [1.807, 2.05) is 42.3 Å². The summed E-state index contributed by atoms with van der Waals surface area (Å²) in [4.78, 5) is 10.6. The zero-order chi connectivity index (χ0) is 13.0. The fraction of sp³-hybridized carbons (Fsp3) is 0.231. The molecule has 0 bridgehead atoms. The minimum absolute atomic E-state index is 0.566. The number of benzene rings is 1. The molecule has 0 amide bonds. The van der Waals surface area contributed by atoms with Gasteiger partial charge in [-0.05, 0) is 12.1 Å². The van der Waals surface area contributed by atoms with Gasteiger partial charge in [0.2, 0.25) is 5.95 Å². The van der Waals surface area contributed by atoms with Crippen molar-refractivity contribution in [2.45, 2.75) is 0 Å². The zero-order valence-electron chi connectivity index (χ0n) is 10.2. The van der Waals surface area contributed by atoms with Crippen molar-refractivity contribution >= 4 is 17.5 Å². The maximum atomic E-state index is 6.16. The summed E-state index contributed by atoms with van der Waals surface area (Å²) in [5.41, 5.74) is 7.24. The van der Waals surface area contributed by atoms with Crippen molar-refractivity contribution in [2.24, 2.45) is 5.73 Å². The molecule has 0 fully saturated rings. The summed E-state index contributed by atoms with van der Waals surface area (Å²) >= 11 is 6.16. The molecule has 2 N–H and O–H groups in total. The van der Waals surface area contributed by atoms with E-state index in [1.54, 1.807) is 6.20 Å². The van der Waals surface area contributed by atoms with E-state index < -0.39 is 0 Å². The van der Waals surface area contributed by atoms with Crippen molar-refractivity contribution in [1.29, 1.82) is 0 Å². The largest absolute Gasteiger partial charge is 0.343 e. The maximum absolute atomic E-state index is 6.16. The van der Waals surface area contributed by atoms with Gasteiger partial charge >= 0.3 is 0 Å². The Morgan fingerprint density at radius 2 is 2.06 bits per heavy atom. The minimum Gasteiger partial charge on any atom is -0.343 e. The Bertz CT molecular complexity index is 530. The molecule has 0 saturated heterocycles. The van der Waals surface area contributed by atoms with Crippen molar-refractivity contribution < 1.29 is 0 Å². The normalized spacial score (nSPS) is 10.4. The fourth-order valence-electron chi connectivity index (χ4n) is 1.64. The molecule has 2 aromatic rings. The molecule has 1 aromatic carbocycles. The summed E-state index contributed by atoms with van der Waals surface area (Å²) in [5, 5.41) is 0.684. The zero-order valence-corrected chi connectivity index (χ0v) is 10.9. The van der Waals surface area contributed by atoms with Crippen LogP contribution in [0.4, 0.5) is 5.95 Å². The van der Waals surface area contributed by atoms with Crippen LogP contribution in [0.3, 0.4) is 0 Å². The van der Waals surface area contributed by atoms with Crippen LogP contribution in [0.1, 0.15) is 0 Å². The van der Waals surface area contributed by atoms with E-state index in [9.17, 15) is 0 Å². The fourth-order valence-corrected chi connectivity index (χ4v) is 1.88. The van der Waals surface area contributed by atoms with Gasteiger partial charge in [-0.1, -0.05) is 29.8 Å². The van der Waals surface area contributed by atoms with Crippen LogP contribution in [0.5, 0.6) is 0 Å². The van der Waals surface area contributed by atoms with Crippen LogP contribution in [-0.4, -0.2) is 30.1 Å². The second-order valence-corrected chi connectivity index (χ2v) is 4.34. The molecule has 0 atom stereocenters. The van der Waals surface area contributed by atoms with Crippen LogP contribution in [0.25, 0.3) is 11.3 Å². The quantitative estimate of drug-likeness (QED) is 0.918. The summed E-state index contributed by atoms with van der Waals surface area (Å²) in [5.74, 6) is 0.651. The molecule has 1 aromatic heterocycles. The van der Waals surface area contributed by atoms with Crippen LogP contribution in [0.15, 0.2) is 36.5 Å². The third-order valence-electron chi connectivity index (χ3n) is 2.60. The van der Waals surface area contributed by atoms with E-state index in [2.05, 4.69) is 9.97 Å². The molecule has 0 aliphatic carbocycles. The Morgan fingerprint density at radius 3 is 2.78 bits per heavy atom. The number of nitrogens with two attached hydrogens (primary N) is 1. The monoisotopic (exact) mass is 262 g/mol. The second-order valence-electron chi connectivity index (χ2n) is 3.93. The van der Waals surface area contributed by atoms with E-state index in [-0.39, 0.29) is 0 Å². The second kappa shape index (κ2) is 5.80. The number of hydrogen-bond donors (Lipinski definition) is 1. The topological polar surface area (TPSA) is 55.0 Å². The average Bonchev–Trinajstić information content (AvgIpc) is 2.40. The first-order valence-electron chi connectivity index (χ1n) is 5.71. The van der Waals surface area contributed by atoms with Gasteiger partial charge in [0.25, 0.3) is 0 Å². The van der Waals surface area contributed by atoms with E-state index in [0.717, 1.165) is 11.3 Å². The van der Waals surface area contributed by atoms with Gasteiger partial charge in [0.1, 0.15) is 0 Å². The highest BCUT2D eigenvalue weighted by atomic mass is 35.5. The van der Waals surface area contributed by atoms with Gasteiger partial charge in [0.05, 0.1) is 5.69 Å². The molecule has 0 saturated carbocycles. The molecular formula is C13H15ClN4. The van der Waals surface area contributed by atoms with Crippen molar-refractivity contribution in [3.05, 3.63) is 41.6 Å². The predicted molar refractivity (Wildman–Crippen MR) is 74.8 cm³/mol. The lowest BCUT2D eigenvalue weighted by molar-refractivity contribution is 0.847. The summed E-state index contributed by atoms with van der Waals surface area (Å²) in [6.45, 7) is 1.28. The van der Waals surface area contributed by atoms with Gasteiger partial charge in [-0.3, -0.25) is 0 Å². The van der Waals surface area contributed by atoms with E-state index >= 15 is 0 Å². The molecule has 18 heavy (non-hydrogen) atoms. The molecule has 0 aliphatic rings. The van der Waals surface area contributed by atoms with Crippen LogP contribution in [0, 0.1) is 0 Å². The minimum atomic E-state index is 0.566. The molecular weight excluding hydrogens is 248 g/mol. The van der Waals surface area contributed by atoms with Gasteiger partial charge in [0, 0.05) is 36.9 Å². The van der Waals surface area contributed by atoms with Crippen molar-refractivity contribution in [3.8, 4) is 11.3 Å². The highest BCUT2D eigenvalue weighted by Gasteiger charge is 2.08. The first-order valence-corrected chi connectivity index (χ1v) is 6.09. The lowest BCUT2D eigenvalue weighted by Crippen LogP contribution is -2.26. The van der Waals surface area contributed by atoms with Crippen molar-refractivity contribution in [1.82, 2.24) is 9.97 Å². The first-order chi connectivity index (χ1) is 8.72. The van der Waals surface area contributed by atoms with Crippen LogP contribution in [-0.2, 0) is 0 Å². The molecule has 4 nitrogen and oxygen atoms in total. The summed E-state index contributed by atoms with van der Waals surface area (Å²) < 4.78 is 0. The number of halogens is 1. The van der Waals surface area contributed by atoms with E-state index in [0.29, 0.717) is 24.1 Å². The lowest BCUT2D eigenvalue weighted by atomic mass is 10.1. The summed E-state index contributed by atoms with van der Waals surface area (Å²) in [6.07, 6.45) is 1.73. The van der Waals surface area contributed by atoms with Crippen LogP contribution >= 0.6 is 11.6 Å². The van der Waals surface area contributed by atoms with Crippen molar-refractivity contribution in [2.75, 3.05) is 25.0 Å². The Labute approximate surface area is 111 Å². The number of rotatable bonds is 4. The van der Waals surface area contributed by atoms with Gasteiger partial charge in [-0.25, -0.2) is 9.97 Å². The lowest BCUT2D eigenvalue weighted by Gasteiger charge is -2.16. The molecule has 2 rings (SSSR count). The molecule has 94 valence electrons. The Balaban J connectivity index is 2.36. The Hall–Kier alpha value is -1.65. The maximum Gasteiger partial charge on any atom is 0.225 e.